The van der Waals surface area contributed by atoms with E-state index in [1.54, 1.807) is 6.20 Å². The van der Waals surface area contributed by atoms with Gasteiger partial charge in [-0.25, -0.2) is 15.0 Å². The van der Waals surface area contributed by atoms with Crippen molar-refractivity contribution in [2.75, 3.05) is 0 Å². The lowest BCUT2D eigenvalue weighted by atomic mass is 9.92. The maximum Gasteiger partial charge on any atom is 0.164 e. The Kier molecular flexibility index (Phi) is 6.11. The molecule has 0 N–H and O–H groups in total. The highest BCUT2D eigenvalue weighted by atomic mass is 15.0. The molecule has 2 heterocycles. The third-order valence-corrected chi connectivity index (χ3v) is 7.05. The minimum Gasteiger partial charge on any atom is -0.264 e. The SMILES string of the molecule is c1ccc(-c2nc(-c3ccccc3)nc(-c3ccc(-c4ccc(-c5cccnc5)c5ccccc45)cc3)n2)cc1. The summed E-state index contributed by atoms with van der Waals surface area (Å²) in [7, 11) is 0. The molecule has 5 aromatic carbocycles. The Morgan fingerprint density at radius 3 is 1.25 bits per heavy atom. The van der Waals surface area contributed by atoms with Crippen molar-refractivity contribution in [1.29, 1.82) is 0 Å². The summed E-state index contributed by atoms with van der Waals surface area (Å²) in [4.78, 5) is 18.9. The second kappa shape index (κ2) is 10.4. The summed E-state index contributed by atoms with van der Waals surface area (Å²) in [5.41, 5.74) is 7.46. The molecule has 0 bridgehead atoms. The molecule has 0 unspecified atom stereocenters. The third-order valence-electron chi connectivity index (χ3n) is 7.05. The average Bonchev–Trinajstić information content (AvgIpc) is 3.05. The van der Waals surface area contributed by atoms with Crippen LogP contribution in [0.4, 0.5) is 0 Å². The van der Waals surface area contributed by atoms with Crippen LogP contribution in [0.3, 0.4) is 0 Å². The zero-order valence-electron chi connectivity index (χ0n) is 21.6. The molecule has 0 spiro atoms. The fraction of sp³-hybridized carbons (Fsp3) is 0. The molecule has 0 saturated heterocycles. The van der Waals surface area contributed by atoms with Crippen molar-refractivity contribution in [3.63, 3.8) is 0 Å². The number of nitrogens with zero attached hydrogens (tertiary/aromatic N) is 4. The van der Waals surface area contributed by atoms with Gasteiger partial charge in [0.25, 0.3) is 0 Å². The molecule has 40 heavy (non-hydrogen) atoms. The van der Waals surface area contributed by atoms with Gasteiger partial charge < -0.3 is 0 Å². The van der Waals surface area contributed by atoms with E-state index in [2.05, 4.69) is 71.7 Å². The number of hydrogen-bond donors (Lipinski definition) is 0. The fourth-order valence-electron chi connectivity index (χ4n) is 5.06. The molecule has 7 aromatic rings. The van der Waals surface area contributed by atoms with E-state index in [0.29, 0.717) is 17.5 Å². The first-order valence-electron chi connectivity index (χ1n) is 13.2. The molecular weight excluding hydrogens is 488 g/mol. The van der Waals surface area contributed by atoms with Crippen molar-refractivity contribution in [3.05, 3.63) is 146 Å². The molecule has 4 heteroatoms. The van der Waals surface area contributed by atoms with Crippen molar-refractivity contribution >= 4 is 10.8 Å². The van der Waals surface area contributed by atoms with Gasteiger partial charge in [-0.05, 0) is 33.5 Å². The number of fused-ring (bicyclic) bond motifs is 1. The average molecular weight is 513 g/mol. The van der Waals surface area contributed by atoms with Crippen molar-refractivity contribution in [2.24, 2.45) is 0 Å². The molecule has 0 aliphatic heterocycles. The lowest BCUT2D eigenvalue weighted by Crippen LogP contribution is -2.00. The van der Waals surface area contributed by atoms with Crippen molar-refractivity contribution < 1.29 is 0 Å². The number of aromatic nitrogens is 4. The van der Waals surface area contributed by atoms with E-state index >= 15 is 0 Å². The van der Waals surface area contributed by atoms with Gasteiger partial charge in [0.05, 0.1) is 0 Å². The summed E-state index contributed by atoms with van der Waals surface area (Å²) in [5.74, 6) is 1.96. The lowest BCUT2D eigenvalue weighted by Gasteiger charge is -2.12. The van der Waals surface area contributed by atoms with E-state index in [1.807, 2.05) is 72.9 Å². The lowest BCUT2D eigenvalue weighted by molar-refractivity contribution is 1.07. The summed E-state index contributed by atoms with van der Waals surface area (Å²) in [6, 6.07) is 45.6. The van der Waals surface area contributed by atoms with E-state index in [4.69, 9.17) is 15.0 Å². The van der Waals surface area contributed by atoms with Gasteiger partial charge in [0.15, 0.2) is 17.5 Å². The van der Waals surface area contributed by atoms with E-state index in [9.17, 15) is 0 Å². The fourth-order valence-corrected chi connectivity index (χ4v) is 5.06. The second-order valence-electron chi connectivity index (χ2n) is 9.56. The summed E-state index contributed by atoms with van der Waals surface area (Å²) in [6.07, 6.45) is 3.72. The second-order valence-corrected chi connectivity index (χ2v) is 9.56. The largest absolute Gasteiger partial charge is 0.264 e. The standard InChI is InChI=1S/C36H24N4/c1-3-10-26(11-4-1)34-38-35(27-12-5-2-6-13-27)40-36(39-34)28-19-17-25(18-20-28)30-21-22-31(29-14-9-23-37-24-29)33-16-8-7-15-32(30)33/h1-24H. The van der Waals surface area contributed by atoms with E-state index in [1.165, 1.54) is 21.9 Å². The van der Waals surface area contributed by atoms with Crippen LogP contribution >= 0.6 is 0 Å². The highest BCUT2D eigenvalue weighted by Gasteiger charge is 2.13. The van der Waals surface area contributed by atoms with Crippen LogP contribution in [-0.2, 0) is 0 Å². The maximum absolute atomic E-state index is 4.87. The third kappa shape index (κ3) is 4.52. The van der Waals surface area contributed by atoms with E-state index in [0.717, 1.165) is 27.8 Å². The molecule has 2 aromatic heterocycles. The van der Waals surface area contributed by atoms with Crippen LogP contribution in [0.5, 0.6) is 0 Å². The summed E-state index contributed by atoms with van der Waals surface area (Å²) in [6.45, 7) is 0. The zero-order valence-corrected chi connectivity index (χ0v) is 21.6. The molecule has 7 rings (SSSR count). The highest BCUT2D eigenvalue weighted by molar-refractivity contribution is 6.04. The summed E-state index contributed by atoms with van der Waals surface area (Å²) >= 11 is 0. The van der Waals surface area contributed by atoms with Gasteiger partial charge in [-0.3, -0.25) is 4.98 Å². The van der Waals surface area contributed by atoms with E-state index in [-0.39, 0.29) is 0 Å². The normalized spacial score (nSPS) is 11.0. The minimum absolute atomic E-state index is 0.649. The van der Waals surface area contributed by atoms with Gasteiger partial charge >= 0.3 is 0 Å². The van der Waals surface area contributed by atoms with Crippen LogP contribution in [0.2, 0.25) is 0 Å². The monoisotopic (exact) mass is 512 g/mol. The van der Waals surface area contributed by atoms with Gasteiger partial charge in [-0.2, -0.15) is 0 Å². The first-order chi connectivity index (χ1) is 19.8. The van der Waals surface area contributed by atoms with Crippen LogP contribution in [0.1, 0.15) is 0 Å². The number of benzene rings is 5. The van der Waals surface area contributed by atoms with Gasteiger partial charge in [0.1, 0.15) is 0 Å². The Balaban J connectivity index is 1.31. The first kappa shape index (κ1) is 23.6. The number of hydrogen-bond acceptors (Lipinski definition) is 4. The Bertz CT molecular complexity index is 1860. The molecule has 0 aliphatic rings. The van der Waals surface area contributed by atoms with E-state index < -0.39 is 0 Å². The van der Waals surface area contributed by atoms with Crippen LogP contribution in [0.25, 0.3) is 67.2 Å². The van der Waals surface area contributed by atoms with Gasteiger partial charge in [0, 0.05) is 34.6 Å². The molecule has 188 valence electrons. The van der Waals surface area contributed by atoms with Crippen LogP contribution in [0.15, 0.2) is 146 Å². The molecule has 0 fully saturated rings. The predicted octanol–water partition coefficient (Wildman–Crippen LogP) is 8.75. The smallest absolute Gasteiger partial charge is 0.164 e. The van der Waals surface area contributed by atoms with Gasteiger partial charge in [-0.15, -0.1) is 0 Å². The van der Waals surface area contributed by atoms with Crippen LogP contribution in [-0.4, -0.2) is 19.9 Å². The molecule has 0 aliphatic carbocycles. The highest BCUT2D eigenvalue weighted by Crippen LogP contribution is 2.36. The number of pyridine rings is 1. The Hall–Kier alpha value is -5.48. The molecule has 0 amide bonds. The van der Waals surface area contributed by atoms with Crippen molar-refractivity contribution in [3.8, 4) is 56.4 Å². The Morgan fingerprint density at radius 2 is 0.750 bits per heavy atom. The molecule has 4 nitrogen and oxygen atoms in total. The van der Waals surface area contributed by atoms with Crippen molar-refractivity contribution in [1.82, 2.24) is 19.9 Å². The minimum atomic E-state index is 0.649. The number of rotatable bonds is 5. The van der Waals surface area contributed by atoms with Gasteiger partial charge in [-0.1, -0.05) is 127 Å². The molecule has 0 radical (unpaired) electrons. The predicted molar refractivity (Wildman–Crippen MR) is 162 cm³/mol. The topological polar surface area (TPSA) is 51.6 Å². The van der Waals surface area contributed by atoms with Crippen LogP contribution in [0, 0.1) is 0 Å². The summed E-state index contributed by atoms with van der Waals surface area (Å²) in [5, 5.41) is 2.41. The molecular formula is C36H24N4. The van der Waals surface area contributed by atoms with Crippen LogP contribution < -0.4 is 0 Å². The van der Waals surface area contributed by atoms with Crippen molar-refractivity contribution in [2.45, 2.75) is 0 Å². The Morgan fingerprint density at radius 1 is 0.325 bits per heavy atom. The first-order valence-corrected chi connectivity index (χ1v) is 13.2. The molecule has 0 saturated carbocycles. The maximum atomic E-state index is 4.87. The summed E-state index contributed by atoms with van der Waals surface area (Å²) < 4.78 is 0. The Labute approximate surface area is 232 Å². The van der Waals surface area contributed by atoms with Gasteiger partial charge in [0.2, 0.25) is 0 Å². The molecule has 0 atom stereocenters. The quantitative estimate of drug-likeness (QED) is 0.231. The zero-order chi connectivity index (χ0) is 26.7.